The number of rotatable bonds is 3. The van der Waals surface area contributed by atoms with Gasteiger partial charge in [-0.05, 0) is 0 Å². The van der Waals surface area contributed by atoms with E-state index in [9.17, 15) is 4.79 Å². The Labute approximate surface area is 84.7 Å². The zero-order valence-electron chi connectivity index (χ0n) is 7.05. The number of amidine groups is 1. The number of carbonyl (C=O) groups excluding carboxylic acids is 1. The lowest BCUT2D eigenvalue weighted by atomic mass is 10.4. The molecule has 0 fully saturated rings. The van der Waals surface area contributed by atoms with E-state index < -0.39 is 5.97 Å². The van der Waals surface area contributed by atoms with E-state index in [0.29, 0.717) is 5.69 Å². The lowest BCUT2D eigenvalue weighted by Crippen LogP contribution is -2.17. The third-order valence-corrected chi connectivity index (χ3v) is 1.40. The van der Waals surface area contributed by atoms with Crippen molar-refractivity contribution in [3.05, 3.63) is 24.3 Å². The van der Waals surface area contributed by atoms with Gasteiger partial charge < -0.3 is 10.6 Å². The minimum atomic E-state index is -0.682. The summed E-state index contributed by atoms with van der Waals surface area (Å²) in [7, 11) is 0. The van der Waals surface area contributed by atoms with Gasteiger partial charge in [0.15, 0.2) is 5.84 Å². The van der Waals surface area contributed by atoms with E-state index in [1.165, 1.54) is 18.6 Å². The monoisotopic (exact) mass is 214 g/mol. The molecule has 1 aromatic heterocycles. The molecule has 0 saturated heterocycles. The van der Waals surface area contributed by atoms with Crippen LogP contribution in [0.25, 0.3) is 0 Å². The number of hydrogen-bond donors (Lipinski definition) is 1. The number of nitrogens with zero attached hydrogens (tertiary/aromatic N) is 3. The molecular formula is C7H7ClN4O2. The van der Waals surface area contributed by atoms with Crippen LogP contribution in [0.15, 0.2) is 23.7 Å². The maximum atomic E-state index is 10.6. The third-order valence-electron chi connectivity index (χ3n) is 1.18. The second-order valence-electron chi connectivity index (χ2n) is 2.16. The van der Waals surface area contributed by atoms with Gasteiger partial charge in [-0.2, -0.15) is 0 Å². The zero-order chi connectivity index (χ0) is 10.4. The van der Waals surface area contributed by atoms with Gasteiger partial charge in [0.2, 0.25) is 0 Å². The van der Waals surface area contributed by atoms with Crippen LogP contribution in [0.3, 0.4) is 0 Å². The van der Waals surface area contributed by atoms with Crippen molar-refractivity contribution in [3.63, 3.8) is 0 Å². The Morgan fingerprint density at radius 1 is 1.64 bits per heavy atom. The molecule has 0 saturated carbocycles. The molecule has 0 bridgehead atoms. The average molecular weight is 215 g/mol. The highest BCUT2D eigenvalue weighted by atomic mass is 35.5. The molecule has 0 amide bonds. The SMILES string of the molecule is N/C(=N\OC(=O)CCl)c1cnccn1. The predicted molar refractivity (Wildman–Crippen MR) is 49.6 cm³/mol. The van der Waals surface area contributed by atoms with E-state index >= 15 is 0 Å². The quantitative estimate of drug-likeness (QED) is 0.249. The van der Waals surface area contributed by atoms with Gasteiger partial charge in [0.1, 0.15) is 11.6 Å². The van der Waals surface area contributed by atoms with E-state index in [1.807, 2.05) is 0 Å². The van der Waals surface area contributed by atoms with Gasteiger partial charge in [-0.15, -0.1) is 11.6 Å². The molecule has 0 unspecified atom stereocenters. The Morgan fingerprint density at radius 2 is 2.43 bits per heavy atom. The summed E-state index contributed by atoms with van der Waals surface area (Å²) < 4.78 is 0. The van der Waals surface area contributed by atoms with Crippen LogP contribution in [-0.2, 0) is 9.63 Å². The first-order chi connectivity index (χ1) is 6.74. The minimum absolute atomic E-state index is 0.0310. The van der Waals surface area contributed by atoms with Crippen molar-refractivity contribution in [2.45, 2.75) is 0 Å². The molecule has 1 rings (SSSR count). The van der Waals surface area contributed by atoms with Crippen molar-refractivity contribution in [2.24, 2.45) is 10.9 Å². The highest BCUT2D eigenvalue weighted by Crippen LogP contribution is 1.91. The lowest BCUT2D eigenvalue weighted by molar-refractivity contribution is -0.140. The number of aromatic nitrogens is 2. The van der Waals surface area contributed by atoms with Gasteiger partial charge in [-0.25, -0.2) is 9.78 Å². The van der Waals surface area contributed by atoms with Crippen molar-refractivity contribution in [1.82, 2.24) is 9.97 Å². The van der Waals surface area contributed by atoms with Gasteiger partial charge in [0, 0.05) is 12.4 Å². The number of oxime groups is 1. The molecule has 0 aromatic carbocycles. The van der Waals surface area contributed by atoms with Crippen molar-refractivity contribution < 1.29 is 9.63 Å². The fraction of sp³-hybridized carbons (Fsp3) is 0.143. The van der Waals surface area contributed by atoms with Crippen LogP contribution in [0.1, 0.15) is 5.69 Å². The minimum Gasteiger partial charge on any atom is -0.379 e. The van der Waals surface area contributed by atoms with Crippen molar-refractivity contribution in [3.8, 4) is 0 Å². The van der Waals surface area contributed by atoms with Crippen LogP contribution < -0.4 is 5.73 Å². The maximum Gasteiger partial charge on any atom is 0.349 e. The Kier molecular flexibility index (Phi) is 3.81. The van der Waals surface area contributed by atoms with Gasteiger partial charge in [-0.1, -0.05) is 5.16 Å². The Morgan fingerprint density at radius 3 is 3.00 bits per heavy atom. The summed E-state index contributed by atoms with van der Waals surface area (Å²) in [6, 6.07) is 0. The zero-order valence-corrected chi connectivity index (χ0v) is 7.81. The van der Waals surface area contributed by atoms with E-state index in [1.54, 1.807) is 0 Å². The summed E-state index contributed by atoms with van der Waals surface area (Å²) >= 11 is 5.17. The van der Waals surface area contributed by atoms with Crippen LogP contribution in [0.2, 0.25) is 0 Å². The van der Waals surface area contributed by atoms with Crippen LogP contribution in [0.5, 0.6) is 0 Å². The van der Waals surface area contributed by atoms with Gasteiger partial charge in [0.25, 0.3) is 0 Å². The van der Waals surface area contributed by atoms with Crippen molar-refractivity contribution >= 4 is 23.4 Å². The Balaban J connectivity index is 2.66. The molecule has 2 N–H and O–H groups in total. The highest BCUT2D eigenvalue weighted by molar-refractivity contribution is 6.26. The summed E-state index contributed by atoms with van der Waals surface area (Å²) in [6.45, 7) is 0. The Hall–Kier alpha value is -1.69. The first kappa shape index (κ1) is 10.4. The first-order valence-electron chi connectivity index (χ1n) is 3.59. The van der Waals surface area contributed by atoms with Crippen LogP contribution in [-0.4, -0.2) is 27.7 Å². The number of nitrogens with two attached hydrogens (primary N) is 1. The molecule has 1 heterocycles. The predicted octanol–water partition coefficient (Wildman–Crippen LogP) is -0.121. The highest BCUT2D eigenvalue weighted by Gasteiger charge is 2.02. The van der Waals surface area contributed by atoms with E-state index in [-0.39, 0.29) is 11.7 Å². The molecule has 0 aliphatic carbocycles. The smallest absolute Gasteiger partial charge is 0.349 e. The van der Waals surface area contributed by atoms with Gasteiger partial charge in [-0.3, -0.25) is 4.98 Å². The van der Waals surface area contributed by atoms with Gasteiger partial charge >= 0.3 is 5.97 Å². The second-order valence-corrected chi connectivity index (χ2v) is 2.43. The molecule has 14 heavy (non-hydrogen) atoms. The molecule has 1 aromatic rings. The number of carbonyl (C=O) groups is 1. The second kappa shape index (κ2) is 5.13. The Bertz CT molecular complexity index is 341. The standard InChI is InChI=1S/C7H7ClN4O2/c8-3-6(13)14-12-7(9)5-4-10-1-2-11-5/h1-2,4H,3H2,(H2,9,12). The molecule has 0 atom stereocenters. The molecule has 0 aliphatic rings. The third kappa shape index (κ3) is 2.98. The number of hydrogen-bond acceptors (Lipinski definition) is 5. The van der Waals surface area contributed by atoms with E-state index in [2.05, 4.69) is 20.0 Å². The first-order valence-corrected chi connectivity index (χ1v) is 4.13. The summed E-state index contributed by atoms with van der Waals surface area (Å²) in [5.41, 5.74) is 5.75. The largest absolute Gasteiger partial charge is 0.379 e. The molecule has 74 valence electrons. The van der Waals surface area contributed by atoms with Crippen molar-refractivity contribution in [2.75, 3.05) is 5.88 Å². The fourth-order valence-electron chi connectivity index (χ4n) is 0.603. The average Bonchev–Trinajstić information content (AvgIpc) is 2.26. The topological polar surface area (TPSA) is 90.5 Å². The van der Waals surface area contributed by atoms with E-state index in [0.717, 1.165) is 0 Å². The molecular weight excluding hydrogens is 208 g/mol. The van der Waals surface area contributed by atoms with Crippen LogP contribution in [0, 0.1) is 0 Å². The number of halogens is 1. The fourth-order valence-corrected chi connectivity index (χ4v) is 0.651. The molecule has 0 aliphatic heterocycles. The maximum absolute atomic E-state index is 10.6. The number of alkyl halides is 1. The summed E-state index contributed by atoms with van der Waals surface area (Å²) in [4.78, 5) is 22.5. The van der Waals surface area contributed by atoms with Gasteiger partial charge in [0.05, 0.1) is 6.20 Å². The summed E-state index contributed by atoms with van der Waals surface area (Å²) in [5, 5.41) is 3.32. The lowest BCUT2D eigenvalue weighted by Gasteiger charge is -1.97. The summed E-state index contributed by atoms with van der Waals surface area (Å²) in [5.74, 6) is -0.993. The van der Waals surface area contributed by atoms with E-state index in [4.69, 9.17) is 17.3 Å². The molecule has 0 spiro atoms. The van der Waals surface area contributed by atoms with Crippen LogP contribution in [0.4, 0.5) is 0 Å². The summed E-state index contributed by atoms with van der Waals surface area (Å²) in [6.07, 6.45) is 4.33. The molecule has 7 heteroatoms. The molecule has 0 radical (unpaired) electrons. The van der Waals surface area contributed by atoms with Crippen LogP contribution >= 0.6 is 11.6 Å². The normalized spacial score (nSPS) is 11.1. The van der Waals surface area contributed by atoms with Crippen molar-refractivity contribution in [1.29, 1.82) is 0 Å². The molecule has 6 nitrogen and oxygen atoms in total.